The number of nitrogens with one attached hydrogen (secondary N) is 1. The number of amides is 1. The Morgan fingerprint density at radius 2 is 2.11 bits per heavy atom. The Morgan fingerprint density at radius 3 is 2.70 bits per heavy atom. The maximum Gasteiger partial charge on any atom is 0.348 e. The fraction of sp³-hybridized carbons (Fsp3) is 0.211. The fourth-order valence-corrected chi connectivity index (χ4v) is 3.45. The number of benzene rings is 1. The van der Waals surface area contributed by atoms with Gasteiger partial charge in [-0.3, -0.25) is 4.79 Å². The molecule has 2 rings (SSSR count). The number of anilines is 1. The molecular weight excluding hydrogens is 391 g/mol. The third-order valence-corrected chi connectivity index (χ3v) is 4.94. The Hall–Kier alpha value is -2.69. The van der Waals surface area contributed by atoms with Crippen LogP contribution < -0.4 is 5.32 Å². The van der Waals surface area contributed by atoms with E-state index in [9.17, 15) is 19.2 Å². The number of ether oxygens (including phenoxy) is 1. The van der Waals surface area contributed by atoms with Crippen LogP contribution in [-0.4, -0.2) is 18.0 Å². The van der Waals surface area contributed by atoms with Crippen LogP contribution in [0.25, 0.3) is 6.08 Å². The van der Waals surface area contributed by atoms with Gasteiger partial charge in [-0.05, 0) is 44.5 Å². The lowest BCUT2D eigenvalue weighted by Crippen LogP contribution is -2.11. The average Bonchev–Trinajstić information content (AvgIpc) is 2.89. The highest BCUT2D eigenvalue weighted by molar-refractivity contribution is 7.18. The van der Waals surface area contributed by atoms with Crippen molar-refractivity contribution in [3.63, 3.8) is 0 Å². The fourth-order valence-electron chi connectivity index (χ4n) is 2.18. The summed E-state index contributed by atoms with van der Waals surface area (Å²) in [5.41, 5.74) is 0.698. The van der Waals surface area contributed by atoms with Gasteiger partial charge in [-0.1, -0.05) is 17.7 Å². The van der Waals surface area contributed by atoms with Crippen LogP contribution in [0, 0.1) is 24.1 Å². The lowest BCUT2D eigenvalue weighted by molar-refractivity contribution is -0.111. The summed E-state index contributed by atoms with van der Waals surface area (Å²) in [5.74, 6) is -1.70. The molecule has 5 nitrogen and oxygen atoms in total. The highest BCUT2D eigenvalue weighted by Crippen LogP contribution is 2.33. The third-order valence-electron chi connectivity index (χ3n) is 3.42. The van der Waals surface area contributed by atoms with Crippen molar-refractivity contribution in [3.8, 4) is 6.07 Å². The predicted molar refractivity (Wildman–Crippen MR) is 103 cm³/mol. The van der Waals surface area contributed by atoms with Gasteiger partial charge in [-0.15, -0.1) is 11.3 Å². The van der Waals surface area contributed by atoms with Crippen molar-refractivity contribution in [2.45, 2.75) is 26.9 Å². The zero-order chi connectivity index (χ0) is 20.1. The van der Waals surface area contributed by atoms with Crippen molar-refractivity contribution in [1.82, 2.24) is 0 Å². The molecule has 0 unspecified atom stereocenters. The summed E-state index contributed by atoms with van der Waals surface area (Å²) in [6.07, 6.45) is 2.04. The van der Waals surface area contributed by atoms with Crippen LogP contribution in [0.3, 0.4) is 0 Å². The van der Waals surface area contributed by atoms with Crippen molar-refractivity contribution in [3.05, 3.63) is 56.7 Å². The molecule has 1 heterocycles. The summed E-state index contributed by atoms with van der Waals surface area (Å²) in [5, 5.41) is 12.3. The van der Waals surface area contributed by atoms with Crippen molar-refractivity contribution in [1.29, 1.82) is 5.26 Å². The number of rotatable bonds is 5. The van der Waals surface area contributed by atoms with Crippen LogP contribution in [0.2, 0.25) is 5.02 Å². The summed E-state index contributed by atoms with van der Waals surface area (Å²) in [7, 11) is 0. The molecule has 1 amide bonds. The second-order valence-corrected chi connectivity index (χ2v) is 7.21. The van der Waals surface area contributed by atoms with Gasteiger partial charge in [0.05, 0.1) is 16.7 Å². The van der Waals surface area contributed by atoms with Gasteiger partial charge in [0, 0.05) is 11.6 Å². The number of carbonyl (C=O) groups excluding carboxylic acids is 2. The van der Waals surface area contributed by atoms with E-state index in [2.05, 4.69) is 5.32 Å². The summed E-state index contributed by atoms with van der Waals surface area (Å²) < 4.78 is 18.9. The number of thiophene rings is 1. The van der Waals surface area contributed by atoms with Crippen molar-refractivity contribution < 1.29 is 18.7 Å². The number of halogens is 2. The molecule has 140 valence electrons. The molecule has 1 aromatic heterocycles. The molecule has 27 heavy (non-hydrogen) atoms. The third kappa shape index (κ3) is 4.94. The van der Waals surface area contributed by atoms with E-state index < -0.39 is 17.7 Å². The van der Waals surface area contributed by atoms with Gasteiger partial charge >= 0.3 is 5.97 Å². The number of nitrogens with zero attached hydrogens (tertiary/aromatic N) is 1. The first-order chi connectivity index (χ1) is 12.7. The molecule has 0 saturated heterocycles. The van der Waals surface area contributed by atoms with Gasteiger partial charge in [0.15, 0.2) is 0 Å². The van der Waals surface area contributed by atoms with Crippen LogP contribution in [0.15, 0.2) is 24.3 Å². The molecule has 0 atom stereocenters. The smallest absolute Gasteiger partial charge is 0.348 e. The van der Waals surface area contributed by atoms with Crippen LogP contribution >= 0.6 is 22.9 Å². The van der Waals surface area contributed by atoms with Crippen LogP contribution in [0.5, 0.6) is 0 Å². The molecule has 0 spiro atoms. The van der Waals surface area contributed by atoms with E-state index in [1.165, 1.54) is 24.3 Å². The molecule has 0 saturated carbocycles. The van der Waals surface area contributed by atoms with E-state index in [0.717, 1.165) is 17.4 Å². The number of esters is 1. The number of carbonyl (C=O) groups is 2. The molecule has 0 aliphatic rings. The van der Waals surface area contributed by atoms with Crippen LogP contribution in [0.4, 0.5) is 9.39 Å². The molecule has 0 aliphatic carbocycles. The van der Waals surface area contributed by atoms with Gasteiger partial charge in [0.25, 0.3) is 0 Å². The molecule has 8 heteroatoms. The average molecular weight is 407 g/mol. The Bertz CT molecular complexity index is 940. The summed E-state index contributed by atoms with van der Waals surface area (Å²) in [6, 6.07) is 6.17. The number of hydrogen-bond acceptors (Lipinski definition) is 5. The van der Waals surface area contributed by atoms with Gasteiger partial charge in [-0.25, -0.2) is 9.18 Å². The van der Waals surface area contributed by atoms with Crippen LogP contribution in [0.1, 0.15) is 40.2 Å². The van der Waals surface area contributed by atoms with Gasteiger partial charge in [0.2, 0.25) is 5.91 Å². The van der Waals surface area contributed by atoms with Crippen molar-refractivity contribution in [2.75, 3.05) is 5.32 Å². The molecule has 0 fully saturated rings. The zero-order valence-electron chi connectivity index (χ0n) is 14.8. The monoisotopic (exact) mass is 406 g/mol. The molecular formula is C19H16ClFN2O3S. The Labute approximate surface area is 165 Å². The van der Waals surface area contributed by atoms with E-state index in [-0.39, 0.29) is 32.1 Å². The zero-order valence-corrected chi connectivity index (χ0v) is 16.4. The molecule has 1 aromatic carbocycles. The van der Waals surface area contributed by atoms with Crippen molar-refractivity contribution in [2.24, 2.45) is 0 Å². The molecule has 0 bridgehead atoms. The number of hydrogen-bond donors (Lipinski definition) is 1. The SMILES string of the molecule is Cc1c(C(=O)OC(C)C)sc(NC(=O)/C=C/c2c(F)cccc2Cl)c1C#N. The lowest BCUT2D eigenvalue weighted by atomic mass is 10.1. The first kappa shape index (κ1) is 20.6. The number of nitriles is 1. The first-order valence-electron chi connectivity index (χ1n) is 7.92. The molecule has 0 aliphatic heterocycles. The quantitative estimate of drug-likeness (QED) is 0.563. The normalized spacial score (nSPS) is 10.9. The lowest BCUT2D eigenvalue weighted by Gasteiger charge is -2.06. The van der Waals surface area contributed by atoms with Crippen molar-refractivity contribution >= 4 is 45.9 Å². The van der Waals surface area contributed by atoms with E-state index >= 15 is 0 Å². The minimum atomic E-state index is -0.587. The van der Waals surface area contributed by atoms with E-state index in [1.807, 2.05) is 6.07 Å². The largest absolute Gasteiger partial charge is 0.459 e. The Balaban J connectivity index is 2.24. The topological polar surface area (TPSA) is 79.2 Å². The minimum absolute atomic E-state index is 0.0818. The van der Waals surface area contributed by atoms with Gasteiger partial charge in [-0.2, -0.15) is 5.26 Å². The Kier molecular flexibility index (Phi) is 6.72. The standard InChI is InChI=1S/C19H16ClFN2O3S/c1-10(2)26-19(25)17-11(3)13(9-22)18(27-17)23-16(24)8-7-12-14(20)5-4-6-15(12)21/h4-8,10H,1-3H3,(H,23,24)/b8-7+. The molecule has 1 N–H and O–H groups in total. The van der Waals surface area contributed by atoms with E-state index in [4.69, 9.17) is 16.3 Å². The van der Waals surface area contributed by atoms with E-state index in [1.54, 1.807) is 20.8 Å². The maximum atomic E-state index is 13.7. The summed E-state index contributed by atoms with van der Waals surface area (Å²) >= 11 is 6.86. The molecule has 2 aromatic rings. The van der Waals surface area contributed by atoms with Gasteiger partial charge in [0.1, 0.15) is 21.8 Å². The minimum Gasteiger partial charge on any atom is -0.459 e. The summed E-state index contributed by atoms with van der Waals surface area (Å²) in [6.45, 7) is 5.04. The first-order valence-corrected chi connectivity index (χ1v) is 9.11. The highest BCUT2D eigenvalue weighted by Gasteiger charge is 2.22. The van der Waals surface area contributed by atoms with E-state index in [0.29, 0.717) is 5.56 Å². The Morgan fingerprint density at radius 1 is 1.41 bits per heavy atom. The van der Waals surface area contributed by atoms with Gasteiger partial charge < -0.3 is 10.1 Å². The predicted octanol–water partition coefficient (Wildman–Crippen LogP) is 4.94. The van der Waals surface area contributed by atoms with Crippen LogP contribution in [-0.2, 0) is 9.53 Å². The maximum absolute atomic E-state index is 13.7. The highest BCUT2D eigenvalue weighted by atomic mass is 35.5. The summed E-state index contributed by atoms with van der Waals surface area (Å²) in [4.78, 5) is 24.5. The second kappa shape index (κ2) is 8.80. The molecule has 0 radical (unpaired) electrons. The second-order valence-electron chi connectivity index (χ2n) is 5.78.